The van der Waals surface area contributed by atoms with Gasteiger partial charge >= 0.3 is 0 Å². The van der Waals surface area contributed by atoms with Crippen molar-refractivity contribution in [1.82, 2.24) is 4.31 Å². The summed E-state index contributed by atoms with van der Waals surface area (Å²) in [5.41, 5.74) is 2.41. The monoisotopic (exact) mass is 463 g/mol. The second-order valence-electron chi connectivity index (χ2n) is 8.27. The molecule has 168 valence electrons. The van der Waals surface area contributed by atoms with Crippen molar-refractivity contribution < 1.29 is 13.2 Å². The molecule has 0 saturated heterocycles. The standard InChI is InChI=1S/C23H30ClN3O3S/c1-5-16(2)27(31(29,30)21-8-6-7-19(24)14-21)15-18-13-20(11-12-22(18)26(3)4)25-23(28)17-9-10-17/h6-8,11-14,16-17H,5,9-10,15H2,1-4H3,(H,25,28)/t16-/m0/s1. The van der Waals surface area contributed by atoms with Crippen LogP contribution in [0.2, 0.25) is 5.02 Å². The van der Waals surface area contributed by atoms with Crippen LogP contribution in [0.3, 0.4) is 0 Å². The summed E-state index contributed by atoms with van der Waals surface area (Å²) in [6, 6.07) is 11.8. The van der Waals surface area contributed by atoms with Crippen LogP contribution in [0, 0.1) is 5.92 Å². The van der Waals surface area contributed by atoms with Crippen molar-refractivity contribution in [2.24, 2.45) is 5.92 Å². The van der Waals surface area contributed by atoms with Crippen molar-refractivity contribution in [1.29, 1.82) is 0 Å². The van der Waals surface area contributed by atoms with Gasteiger partial charge in [0.15, 0.2) is 0 Å². The number of carbonyl (C=O) groups excluding carboxylic acids is 1. The maximum absolute atomic E-state index is 13.5. The van der Waals surface area contributed by atoms with E-state index in [4.69, 9.17) is 11.6 Å². The smallest absolute Gasteiger partial charge is 0.243 e. The highest BCUT2D eigenvalue weighted by Gasteiger charge is 2.31. The highest BCUT2D eigenvalue weighted by Crippen LogP contribution is 2.32. The Morgan fingerprint density at radius 2 is 1.90 bits per heavy atom. The van der Waals surface area contributed by atoms with Crippen LogP contribution in [-0.2, 0) is 21.4 Å². The molecule has 1 aliphatic rings. The molecule has 2 aromatic rings. The Morgan fingerprint density at radius 3 is 2.48 bits per heavy atom. The zero-order valence-electron chi connectivity index (χ0n) is 18.4. The molecule has 1 atom stereocenters. The summed E-state index contributed by atoms with van der Waals surface area (Å²) in [6.45, 7) is 4.05. The summed E-state index contributed by atoms with van der Waals surface area (Å²) in [4.78, 5) is 14.3. The number of anilines is 2. The molecule has 0 spiro atoms. The van der Waals surface area contributed by atoms with Crippen molar-refractivity contribution in [2.45, 2.75) is 50.6 Å². The van der Waals surface area contributed by atoms with Gasteiger partial charge in [0, 0.05) is 49.0 Å². The van der Waals surface area contributed by atoms with E-state index < -0.39 is 10.0 Å². The van der Waals surface area contributed by atoms with Gasteiger partial charge < -0.3 is 10.2 Å². The van der Waals surface area contributed by atoms with E-state index in [9.17, 15) is 13.2 Å². The van der Waals surface area contributed by atoms with Gasteiger partial charge in [-0.25, -0.2) is 8.42 Å². The van der Waals surface area contributed by atoms with E-state index in [1.54, 1.807) is 18.2 Å². The lowest BCUT2D eigenvalue weighted by Gasteiger charge is -2.30. The highest BCUT2D eigenvalue weighted by atomic mass is 35.5. The van der Waals surface area contributed by atoms with Crippen molar-refractivity contribution in [3.8, 4) is 0 Å². The number of benzene rings is 2. The van der Waals surface area contributed by atoms with Crippen molar-refractivity contribution in [3.63, 3.8) is 0 Å². The molecule has 0 aliphatic heterocycles. The molecule has 3 rings (SSSR count). The summed E-state index contributed by atoms with van der Waals surface area (Å²) in [5, 5.41) is 3.34. The minimum Gasteiger partial charge on any atom is -0.377 e. The number of carbonyl (C=O) groups is 1. The first-order valence-corrected chi connectivity index (χ1v) is 12.3. The van der Waals surface area contributed by atoms with E-state index in [1.165, 1.54) is 10.4 Å². The zero-order valence-corrected chi connectivity index (χ0v) is 20.0. The molecule has 0 bridgehead atoms. The van der Waals surface area contributed by atoms with E-state index in [-0.39, 0.29) is 29.3 Å². The van der Waals surface area contributed by atoms with Crippen molar-refractivity contribution >= 4 is 38.9 Å². The number of hydrogen-bond donors (Lipinski definition) is 1. The van der Waals surface area contributed by atoms with Crippen LogP contribution >= 0.6 is 11.6 Å². The molecule has 1 fully saturated rings. The predicted molar refractivity (Wildman–Crippen MR) is 126 cm³/mol. The van der Waals surface area contributed by atoms with Crippen LogP contribution in [0.1, 0.15) is 38.7 Å². The number of nitrogens with zero attached hydrogens (tertiary/aromatic N) is 2. The lowest BCUT2D eigenvalue weighted by molar-refractivity contribution is -0.117. The Bertz CT molecular complexity index is 1050. The highest BCUT2D eigenvalue weighted by molar-refractivity contribution is 7.89. The predicted octanol–water partition coefficient (Wildman–Crippen LogP) is 4.74. The summed E-state index contributed by atoms with van der Waals surface area (Å²) in [6.07, 6.45) is 2.51. The first-order valence-electron chi connectivity index (χ1n) is 10.5. The number of halogens is 1. The number of rotatable bonds is 9. The van der Waals surface area contributed by atoms with Crippen LogP contribution in [0.25, 0.3) is 0 Å². The average Bonchev–Trinajstić information content (AvgIpc) is 3.56. The second kappa shape index (κ2) is 9.59. The minimum atomic E-state index is -3.77. The molecule has 1 saturated carbocycles. The normalized spacial score (nSPS) is 15.0. The fourth-order valence-corrected chi connectivity index (χ4v) is 5.41. The Hall–Kier alpha value is -2.09. The minimum absolute atomic E-state index is 0.0221. The van der Waals surface area contributed by atoms with Crippen LogP contribution in [0.4, 0.5) is 11.4 Å². The van der Waals surface area contributed by atoms with Crippen LogP contribution in [0.15, 0.2) is 47.4 Å². The third-order valence-corrected chi connectivity index (χ3v) is 7.78. The number of sulfonamides is 1. The maximum Gasteiger partial charge on any atom is 0.243 e. The maximum atomic E-state index is 13.5. The fourth-order valence-electron chi connectivity index (χ4n) is 3.43. The summed E-state index contributed by atoms with van der Waals surface area (Å²) >= 11 is 6.07. The summed E-state index contributed by atoms with van der Waals surface area (Å²) in [7, 11) is 0.0621. The Balaban J connectivity index is 1.98. The first-order chi connectivity index (χ1) is 14.6. The van der Waals surface area contributed by atoms with Gasteiger partial charge in [0.25, 0.3) is 0 Å². The Kier molecular flexibility index (Phi) is 7.29. The third kappa shape index (κ3) is 5.59. The third-order valence-electron chi connectivity index (χ3n) is 5.59. The van der Waals surface area contributed by atoms with Gasteiger partial charge in [0.1, 0.15) is 0 Å². The number of hydrogen-bond acceptors (Lipinski definition) is 4. The van der Waals surface area contributed by atoms with E-state index in [0.29, 0.717) is 17.1 Å². The lowest BCUT2D eigenvalue weighted by Crippen LogP contribution is -2.38. The molecule has 1 N–H and O–H groups in total. The topological polar surface area (TPSA) is 69.7 Å². The molecule has 2 aromatic carbocycles. The molecule has 1 aliphatic carbocycles. The van der Waals surface area contributed by atoms with Gasteiger partial charge in [0.2, 0.25) is 15.9 Å². The number of amides is 1. The SMILES string of the molecule is CC[C@H](C)N(Cc1cc(NC(=O)C2CC2)ccc1N(C)C)S(=O)(=O)c1cccc(Cl)c1. The van der Waals surface area contributed by atoms with Gasteiger partial charge in [0.05, 0.1) is 4.90 Å². The molecule has 1 amide bonds. The van der Waals surface area contributed by atoms with E-state index >= 15 is 0 Å². The van der Waals surface area contributed by atoms with Gasteiger partial charge in [-0.15, -0.1) is 0 Å². The van der Waals surface area contributed by atoms with Crippen LogP contribution in [0.5, 0.6) is 0 Å². The van der Waals surface area contributed by atoms with Crippen molar-refractivity contribution in [3.05, 3.63) is 53.1 Å². The molecule has 31 heavy (non-hydrogen) atoms. The van der Waals surface area contributed by atoms with Gasteiger partial charge in [-0.05, 0) is 68.1 Å². The molecular formula is C23H30ClN3O3S. The zero-order chi connectivity index (χ0) is 22.8. The summed E-state index contributed by atoms with van der Waals surface area (Å²) < 4.78 is 28.5. The van der Waals surface area contributed by atoms with Gasteiger partial charge in [-0.2, -0.15) is 4.31 Å². The molecule has 8 heteroatoms. The van der Waals surface area contributed by atoms with E-state index in [0.717, 1.165) is 24.1 Å². The Labute approximate surface area is 190 Å². The molecule has 6 nitrogen and oxygen atoms in total. The molecule has 0 heterocycles. The van der Waals surface area contributed by atoms with Crippen LogP contribution < -0.4 is 10.2 Å². The Morgan fingerprint density at radius 1 is 1.19 bits per heavy atom. The largest absolute Gasteiger partial charge is 0.377 e. The van der Waals surface area contributed by atoms with E-state index in [1.807, 2.05) is 51.0 Å². The molecule has 0 radical (unpaired) electrons. The second-order valence-corrected chi connectivity index (χ2v) is 10.6. The number of nitrogens with one attached hydrogen (secondary N) is 1. The van der Waals surface area contributed by atoms with Gasteiger partial charge in [-0.1, -0.05) is 24.6 Å². The molecule has 0 aromatic heterocycles. The first kappa shape index (κ1) is 23.6. The van der Waals surface area contributed by atoms with Crippen LogP contribution in [-0.4, -0.2) is 38.8 Å². The average molecular weight is 464 g/mol. The van der Waals surface area contributed by atoms with Crippen molar-refractivity contribution in [2.75, 3.05) is 24.3 Å². The fraction of sp³-hybridized carbons (Fsp3) is 0.435. The quantitative estimate of drug-likeness (QED) is 0.582. The molecular weight excluding hydrogens is 434 g/mol. The lowest BCUT2D eigenvalue weighted by atomic mass is 10.1. The molecule has 0 unspecified atom stereocenters. The van der Waals surface area contributed by atoms with E-state index in [2.05, 4.69) is 5.32 Å². The summed E-state index contributed by atoms with van der Waals surface area (Å²) in [5.74, 6) is 0.116. The van der Waals surface area contributed by atoms with Gasteiger partial charge in [-0.3, -0.25) is 4.79 Å².